The number of amides is 2. The van der Waals surface area contributed by atoms with Crippen molar-refractivity contribution >= 4 is 11.8 Å². The van der Waals surface area contributed by atoms with Gasteiger partial charge in [0.1, 0.15) is 5.82 Å². The van der Waals surface area contributed by atoms with E-state index in [4.69, 9.17) is 0 Å². The molecule has 1 atom stereocenters. The number of carbonyl (C=O) groups is 2. The molecular weight excluding hydrogens is 343 g/mol. The number of nitrogens with zero attached hydrogens (tertiary/aromatic N) is 1. The van der Waals surface area contributed by atoms with Crippen LogP contribution in [-0.2, 0) is 22.6 Å². The summed E-state index contributed by atoms with van der Waals surface area (Å²) in [5.41, 5.74) is 2.00. The summed E-state index contributed by atoms with van der Waals surface area (Å²) in [6, 6.07) is 16.4. The minimum atomic E-state index is -0.315. The van der Waals surface area contributed by atoms with Crippen LogP contribution in [0.5, 0.6) is 0 Å². The van der Waals surface area contributed by atoms with E-state index < -0.39 is 0 Å². The zero-order valence-corrected chi connectivity index (χ0v) is 15.4. The van der Waals surface area contributed by atoms with Crippen molar-refractivity contribution < 1.29 is 14.0 Å². The second-order valence-corrected chi connectivity index (χ2v) is 7.02. The van der Waals surface area contributed by atoms with Gasteiger partial charge in [-0.05, 0) is 42.5 Å². The van der Waals surface area contributed by atoms with Crippen molar-refractivity contribution in [2.45, 2.75) is 32.2 Å². The third-order valence-corrected chi connectivity index (χ3v) is 4.92. The number of halogens is 1. The Labute approximate surface area is 159 Å². The largest absolute Gasteiger partial charge is 0.356 e. The predicted molar refractivity (Wildman–Crippen MR) is 102 cm³/mol. The molecule has 3 rings (SSSR count). The Balaban J connectivity index is 1.46. The molecule has 1 saturated heterocycles. The maximum atomic E-state index is 13.4. The lowest BCUT2D eigenvalue weighted by Gasteiger charge is -2.32. The molecule has 2 aromatic carbocycles. The monoisotopic (exact) mass is 368 g/mol. The molecule has 1 aliphatic rings. The number of likely N-dealkylation sites (tertiary alicyclic amines) is 1. The molecule has 0 aromatic heterocycles. The Bertz CT molecular complexity index is 779. The van der Waals surface area contributed by atoms with E-state index in [0.29, 0.717) is 32.5 Å². The van der Waals surface area contributed by atoms with Gasteiger partial charge in [0.15, 0.2) is 0 Å². The standard InChI is InChI=1S/C22H25FN2O2/c23-20-10-4-8-18(14-20)15-25-16-19(11-12-21(25)26)22(27)24-13-5-9-17-6-2-1-3-7-17/h1-4,6-8,10,14,19H,5,9,11-13,15-16H2,(H,24,27)/t19-/m0/s1. The fourth-order valence-electron chi connectivity index (χ4n) is 3.43. The number of rotatable bonds is 7. The summed E-state index contributed by atoms with van der Waals surface area (Å²) in [5.74, 6) is -0.496. The molecule has 1 aliphatic heterocycles. The number of hydrogen-bond donors (Lipinski definition) is 1. The van der Waals surface area contributed by atoms with E-state index in [1.807, 2.05) is 18.2 Å². The van der Waals surface area contributed by atoms with Crippen molar-refractivity contribution in [1.82, 2.24) is 10.2 Å². The van der Waals surface area contributed by atoms with Crippen LogP contribution in [-0.4, -0.2) is 29.8 Å². The highest BCUT2D eigenvalue weighted by molar-refractivity contribution is 5.83. The summed E-state index contributed by atoms with van der Waals surface area (Å²) in [7, 11) is 0. The van der Waals surface area contributed by atoms with Crippen molar-refractivity contribution in [3.05, 3.63) is 71.5 Å². The van der Waals surface area contributed by atoms with Crippen molar-refractivity contribution in [2.24, 2.45) is 5.92 Å². The van der Waals surface area contributed by atoms with Crippen LogP contribution in [0.15, 0.2) is 54.6 Å². The van der Waals surface area contributed by atoms with Gasteiger partial charge in [-0.1, -0.05) is 42.5 Å². The molecule has 0 unspecified atom stereocenters. The van der Waals surface area contributed by atoms with Gasteiger partial charge in [-0.3, -0.25) is 9.59 Å². The average Bonchev–Trinajstić information content (AvgIpc) is 2.68. The molecule has 2 aromatic rings. The van der Waals surface area contributed by atoms with Crippen molar-refractivity contribution in [3.8, 4) is 0 Å². The summed E-state index contributed by atoms with van der Waals surface area (Å²) < 4.78 is 13.4. The normalized spacial score (nSPS) is 17.0. The summed E-state index contributed by atoms with van der Waals surface area (Å²) >= 11 is 0. The van der Waals surface area contributed by atoms with E-state index in [1.54, 1.807) is 17.0 Å². The topological polar surface area (TPSA) is 49.4 Å². The smallest absolute Gasteiger partial charge is 0.224 e. The first-order chi connectivity index (χ1) is 13.1. The van der Waals surface area contributed by atoms with Gasteiger partial charge in [-0.25, -0.2) is 4.39 Å². The Kier molecular flexibility index (Phi) is 6.58. The summed E-state index contributed by atoms with van der Waals surface area (Å²) in [6.45, 7) is 1.36. The number of carbonyl (C=O) groups excluding carboxylic acids is 2. The van der Waals surface area contributed by atoms with Crippen LogP contribution < -0.4 is 5.32 Å². The Morgan fingerprint density at radius 1 is 1.11 bits per heavy atom. The lowest BCUT2D eigenvalue weighted by molar-refractivity contribution is -0.138. The van der Waals surface area contributed by atoms with Crippen molar-refractivity contribution in [2.75, 3.05) is 13.1 Å². The molecule has 142 valence electrons. The maximum absolute atomic E-state index is 13.4. The van der Waals surface area contributed by atoms with Crippen LogP contribution in [0.2, 0.25) is 0 Å². The zero-order chi connectivity index (χ0) is 19.1. The van der Waals surface area contributed by atoms with Gasteiger partial charge < -0.3 is 10.2 Å². The number of aryl methyl sites for hydroxylation is 1. The van der Waals surface area contributed by atoms with Gasteiger partial charge in [0.25, 0.3) is 0 Å². The first-order valence-electron chi connectivity index (χ1n) is 9.45. The summed E-state index contributed by atoms with van der Waals surface area (Å²) in [6.07, 6.45) is 2.74. The fraction of sp³-hybridized carbons (Fsp3) is 0.364. The Morgan fingerprint density at radius 2 is 1.89 bits per heavy atom. The van der Waals surface area contributed by atoms with Crippen LogP contribution in [0.25, 0.3) is 0 Å². The van der Waals surface area contributed by atoms with Crippen molar-refractivity contribution in [1.29, 1.82) is 0 Å². The fourth-order valence-corrected chi connectivity index (χ4v) is 3.43. The van der Waals surface area contributed by atoms with Gasteiger partial charge in [0.05, 0.1) is 5.92 Å². The minimum absolute atomic E-state index is 0.000182. The summed E-state index contributed by atoms with van der Waals surface area (Å²) in [4.78, 5) is 26.3. The molecule has 1 N–H and O–H groups in total. The predicted octanol–water partition coefficient (Wildman–Crippen LogP) is 3.31. The Morgan fingerprint density at radius 3 is 2.67 bits per heavy atom. The van der Waals surface area contributed by atoms with E-state index in [2.05, 4.69) is 17.4 Å². The zero-order valence-electron chi connectivity index (χ0n) is 15.4. The van der Waals surface area contributed by atoms with E-state index >= 15 is 0 Å². The van der Waals surface area contributed by atoms with Crippen LogP contribution in [0, 0.1) is 11.7 Å². The molecule has 0 bridgehead atoms. The second kappa shape index (κ2) is 9.31. The van der Waals surface area contributed by atoms with Gasteiger partial charge >= 0.3 is 0 Å². The molecule has 5 heteroatoms. The molecule has 0 spiro atoms. The third kappa shape index (κ3) is 5.64. The van der Waals surface area contributed by atoms with Crippen molar-refractivity contribution in [3.63, 3.8) is 0 Å². The van der Waals surface area contributed by atoms with E-state index in [0.717, 1.165) is 18.4 Å². The molecule has 0 saturated carbocycles. The lowest BCUT2D eigenvalue weighted by atomic mass is 9.96. The SMILES string of the molecule is O=C(NCCCc1ccccc1)[C@H]1CCC(=O)N(Cc2cccc(F)c2)C1. The molecule has 2 amide bonds. The highest BCUT2D eigenvalue weighted by Gasteiger charge is 2.30. The van der Waals surface area contributed by atoms with Gasteiger partial charge in [0.2, 0.25) is 11.8 Å². The first-order valence-corrected chi connectivity index (χ1v) is 9.45. The maximum Gasteiger partial charge on any atom is 0.224 e. The molecular formula is C22H25FN2O2. The van der Waals surface area contributed by atoms with Crippen LogP contribution in [0.4, 0.5) is 4.39 Å². The quantitative estimate of drug-likeness (QED) is 0.762. The number of nitrogens with one attached hydrogen (secondary N) is 1. The van der Waals surface area contributed by atoms with Crippen LogP contribution in [0.3, 0.4) is 0 Å². The Hall–Kier alpha value is -2.69. The number of piperidine rings is 1. The second-order valence-electron chi connectivity index (χ2n) is 7.02. The molecule has 1 heterocycles. The number of hydrogen-bond acceptors (Lipinski definition) is 2. The third-order valence-electron chi connectivity index (χ3n) is 4.92. The molecule has 0 aliphatic carbocycles. The minimum Gasteiger partial charge on any atom is -0.356 e. The van der Waals surface area contributed by atoms with Gasteiger partial charge in [-0.2, -0.15) is 0 Å². The van der Waals surface area contributed by atoms with Gasteiger partial charge in [0, 0.05) is 26.1 Å². The molecule has 4 nitrogen and oxygen atoms in total. The van der Waals surface area contributed by atoms with E-state index in [1.165, 1.54) is 17.7 Å². The molecule has 0 radical (unpaired) electrons. The highest BCUT2D eigenvalue weighted by atomic mass is 19.1. The van der Waals surface area contributed by atoms with E-state index in [9.17, 15) is 14.0 Å². The highest BCUT2D eigenvalue weighted by Crippen LogP contribution is 2.20. The lowest BCUT2D eigenvalue weighted by Crippen LogP contribution is -2.45. The van der Waals surface area contributed by atoms with Gasteiger partial charge in [-0.15, -0.1) is 0 Å². The average molecular weight is 368 g/mol. The first kappa shape index (κ1) is 19.1. The molecule has 1 fully saturated rings. The van der Waals surface area contributed by atoms with Crippen LogP contribution in [0.1, 0.15) is 30.4 Å². The number of benzene rings is 2. The summed E-state index contributed by atoms with van der Waals surface area (Å²) in [5, 5.41) is 2.99. The van der Waals surface area contributed by atoms with Crippen LogP contribution >= 0.6 is 0 Å². The molecule has 27 heavy (non-hydrogen) atoms. The van der Waals surface area contributed by atoms with E-state index in [-0.39, 0.29) is 23.5 Å².